The van der Waals surface area contributed by atoms with Gasteiger partial charge < -0.3 is 5.32 Å². The Bertz CT molecular complexity index is 1020. The number of pyridine rings is 1. The molecule has 4 nitrogen and oxygen atoms in total. The zero-order chi connectivity index (χ0) is 18.4. The van der Waals surface area contributed by atoms with Crippen molar-refractivity contribution in [1.29, 1.82) is 10.5 Å². The quantitative estimate of drug-likeness (QED) is 0.751. The Morgan fingerprint density at radius 1 is 0.923 bits per heavy atom. The molecule has 0 saturated heterocycles. The first-order valence-corrected chi connectivity index (χ1v) is 8.10. The highest BCUT2D eigenvalue weighted by molar-refractivity contribution is 5.73. The molecule has 0 unspecified atom stereocenters. The van der Waals surface area contributed by atoms with Crippen molar-refractivity contribution in [2.24, 2.45) is 0 Å². The normalized spacial score (nSPS) is 9.96. The van der Waals surface area contributed by atoms with Gasteiger partial charge in [-0.3, -0.25) is 0 Å². The number of hydrogen-bond acceptors (Lipinski definition) is 4. The average Bonchev–Trinajstić information content (AvgIpc) is 2.68. The predicted molar refractivity (Wildman–Crippen MR) is 97.7 cm³/mol. The van der Waals surface area contributed by atoms with Crippen LogP contribution in [0.25, 0.3) is 11.3 Å². The number of rotatable bonds is 5. The molecule has 0 fully saturated rings. The maximum atomic E-state index is 13.2. The van der Waals surface area contributed by atoms with Gasteiger partial charge in [-0.05, 0) is 42.3 Å². The monoisotopic (exact) mass is 342 g/mol. The number of nitriles is 2. The molecule has 3 aromatic rings. The Labute approximate surface area is 151 Å². The zero-order valence-corrected chi connectivity index (χ0v) is 13.9. The minimum Gasteiger partial charge on any atom is -0.370 e. The van der Waals surface area contributed by atoms with Crippen LogP contribution in [0, 0.1) is 28.5 Å². The Hall–Kier alpha value is -3.70. The molecule has 0 bridgehead atoms. The van der Waals surface area contributed by atoms with E-state index in [1.54, 1.807) is 36.4 Å². The maximum absolute atomic E-state index is 13.2. The van der Waals surface area contributed by atoms with Crippen LogP contribution in [0.3, 0.4) is 0 Å². The molecule has 0 saturated carbocycles. The number of anilines is 1. The first-order chi connectivity index (χ1) is 12.7. The zero-order valence-electron chi connectivity index (χ0n) is 13.9. The maximum Gasteiger partial charge on any atom is 0.126 e. The van der Waals surface area contributed by atoms with E-state index in [0.29, 0.717) is 41.2 Å². The molecule has 1 aromatic heterocycles. The first kappa shape index (κ1) is 17.1. The molecule has 5 heteroatoms. The largest absolute Gasteiger partial charge is 0.370 e. The van der Waals surface area contributed by atoms with Crippen molar-refractivity contribution < 1.29 is 4.39 Å². The Kier molecular flexibility index (Phi) is 5.22. The standard InChI is InChI=1S/C21H15FN4/c22-18-6-3-4-15(12-18)10-11-25-20-9-8-17(14-24)21(26-20)19-7-2-1-5-16(19)13-23/h1-9,12H,10-11H2,(H,25,26). The van der Waals surface area contributed by atoms with Gasteiger partial charge in [0.25, 0.3) is 0 Å². The highest BCUT2D eigenvalue weighted by Gasteiger charge is 2.12. The van der Waals surface area contributed by atoms with E-state index in [-0.39, 0.29) is 5.82 Å². The van der Waals surface area contributed by atoms with Crippen molar-refractivity contribution in [2.75, 3.05) is 11.9 Å². The summed E-state index contributed by atoms with van der Waals surface area (Å²) in [6, 6.07) is 21.2. The smallest absolute Gasteiger partial charge is 0.126 e. The van der Waals surface area contributed by atoms with Gasteiger partial charge in [0.15, 0.2) is 0 Å². The summed E-state index contributed by atoms with van der Waals surface area (Å²) in [4.78, 5) is 4.51. The van der Waals surface area contributed by atoms with Gasteiger partial charge in [0, 0.05) is 12.1 Å². The van der Waals surface area contributed by atoms with Crippen LogP contribution < -0.4 is 5.32 Å². The van der Waals surface area contributed by atoms with Gasteiger partial charge in [0.2, 0.25) is 0 Å². The van der Waals surface area contributed by atoms with Crippen LogP contribution in [0.4, 0.5) is 10.2 Å². The van der Waals surface area contributed by atoms with Crippen LogP contribution in [0.2, 0.25) is 0 Å². The molecule has 0 atom stereocenters. The van der Waals surface area contributed by atoms with Gasteiger partial charge in [-0.15, -0.1) is 0 Å². The average molecular weight is 342 g/mol. The van der Waals surface area contributed by atoms with Gasteiger partial charge in [-0.25, -0.2) is 9.37 Å². The Morgan fingerprint density at radius 2 is 1.73 bits per heavy atom. The van der Waals surface area contributed by atoms with Crippen LogP contribution in [0.5, 0.6) is 0 Å². The van der Waals surface area contributed by atoms with Crippen LogP contribution in [0.1, 0.15) is 16.7 Å². The van der Waals surface area contributed by atoms with Crippen LogP contribution in [-0.4, -0.2) is 11.5 Å². The second kappa shape index (κ2) is 7.92. The van der Waals surface area contributed by atoms with E-state index in [9.17, 15) is 14.9 Å². The second-order valence-corrected chi connectivity index (χ2v) is 5.67. The summed E-state index contributed by atoms with van der Waals surface area (Å²) in [5.74, 6) is 0.345. The summed E-state index contributed by atoms with van der Waals surface area (Å²) in [6.07, 6.45) is 0.642. The van der Waals surface area contributed by atoms with E-state index in [0.717, 1.165) is 5.56 Å². The summed E-state index contributed by atoms with van der Waals surface area (Å²) < 4.78 is 13.2. The molecule has 1 N–H and O–H groups in total. The van der Waals surface area contributed by atoms with Crippen LogP contribution in [0.15, 0.2) is 60.7 Å². The van der Waals surface area contributed by atoms with Crippen LogP contribution >= 0.6 is 0 Å². The van der Waals surface area contributed by atoms with E-state index >= 15 is 0 Å². The summed E-state index contributed by atoms with van der Waals surface area (Å²) in [7, 11) is 0. The summed E-state index contributed by atoms with van der Waals surface area (Å²) in [6.45, 7) is 0.571. The minimum absolute atomic E-state index is 0.255. The van der Waals surface area contributed by atoms with Crippen molar-refractivity contribution in [1.82, 2.24) is 4.98 Å². The number of aromatic nitrogens is 1. The molecular weight excluding hydrogens is 327 g/mol. The molecule has 126 valence electrons. The molecule has 0 aliphatic rings. The Balaban J connectivity index is 1.82. The molecule has 0 aliphatic carbocycles. The number of halogens is 1. The van der Waals surface area contributed by atoms with Crippen LogP contribution in [-0.2, 0) is 6.42 Å². The lowest BCUT2D eigenvalue weighted by molar-refractivity contribution is 0.625. The van der Waals surface area contributed by atoms with Crippen molar-refractivity contribution in [2.45, 2.75) is 6.42 Å². The molecule has 26 heavy (non-hydrogen) atoms. The fraction of sp³-hybridized carbons (Fsp3) is 0.0952. The SMILES string of the molecule is N#Cc1ccccc1-c1nc(NCCc2cccc(F)c2)ccc1C#N. The lowest BCUT2D eigenvalue weighted by Gasteiger charge is -2.10. The van der Waals surface area contributed by atoms with Crippen molar-refractivity contribution in [3.63, 3.8) is 0 Å². The van der Waals surface area contributed by atoms with E-state index < -0.39 is 0 Å². The van der Waals surface area contributed by atoms with E-state index in [4.69, 9.17) is 0 Å². The fourth-order valence-corrected chi connectivity index (χ4v) is 2.67. The third kappa shape index (κ3) is 3.85. The van der Waals surface area contributed by atoms with Gasteiger partial charge in [0.1, 0.15) is 17.7 Å². The second-order valence-electron chi connectivity index (χ2n) is 5.67. The molecule has 3 rings (SSSR count). The Morgan fingerprint density at radius 3 is 2.50 bits per heavy atom. The summed E-state index contributed by atoms with van der Waals surface area (Å²) >= 11 is 0. The summed E-state index contributed by atoms with van der Waals surface area (Å²) in [5, 5.41) is 21.8. The summed E-state index contributed by atoms with van der Waals surface area (Å²) in [5.41, 5.74) is 2.86. The number of hydrogen-bond donors (Lipinski definition) is 1. The van der Waals surface area contributed by atoms with Gasteiger partial charge in [-0.2, -0.15) is 10.5 Å². The highest BCUT2D eigenvalue weighted by atomic mass is 19.1. The van der Waals surface area contributed by atoms with Gasteiger partial charge in [-0.1, -0.05) is 30.3 Å². The fourth-order valence-electron chi connectivity index (χ4n) is 2.67. The topological polar surface area (TPSA) is 72.5 Å². The molecule has 0 radical (unpaired) electrons. The van der Waals surface area contributed by atoms with Gasteiger partial charge >= 0.3 is 0 Å². The third-order valence-electron chi connectivity index (χ3n) is 3.93. The molecule has 0 aliphatic heterocycles. The minimum atomic E-state index is -0.255. The van der Waals surface area contributed by atoms with E-state index in [2.05, 4.69) is 22.4 Å². The lowest BCUT2D eigenvalue weighted by Crippen LogP contribution is -2.07. The third-order valence-corrected chi connectivity index (χ3v) is 3.93. The number of nitrogens with one attached hydrogen (secondary N) is 1. The van der Waals surface area contributed by atoms with E-state index in [1.807, 2.05) is 12.1 Å². The molecular formula is C21H15FN4. The lowest BCUT2D eigenvalue weighted by atomic mass is 10.0. The van der Waals surface area contributed by atoms with E-state index in [1.165, 1.54) is 12.1 Å². The van der Waals surface area contributed by atoms with Gasteiger partial charge in [0.05, 0.1) is 22.9 Å². The van der Waals surface area contributed by atoms with Crippen molar-refractivity contribution in [3.05, 3.63) is 83.2 Å². The molecule has 0 amide bonds. The predicted octanol–water partition coefficient (Wildman–Crippen LogP) is 4.29. The molecule has 1 heterocycles. The number of nitrogens with zero attached hydrogens (tertiary/aromatic N) is 3. The van der Waals surface area contributed by atoms with Crippen molar-refractivity contribution >= 4 is 5.82 Å². The molecule has 0 spiro atoms. The first-order valence-electron chi connectivity index (χ1n) is 8.10. The van der Waals surface area contributed by atoms with Crippen molar-refractivity contribution in [3.8, 4) is 23.4 Å². The molecule has 2 aromatic carbocycles. The highest BCUT2D eigenvalue weighted by Crippen LogP contribution is 2.26. The number of benzene rings is 2.